The van der Waals surface area contributed by atoms with E-state index < -0.39 is 22.0 Å². The van der Waals surface area contributed by atoms with Gasteiger partial charge in [-0.25, -0.2) is 13.9 Å². The smallest absolute Gasteiger partial charge is 0.261 e. The highest BCUT2D eigenvalue weighted by atomic mass is 79.9. The van der Waals surface area contributed by atoms with Gasteiger partial charge in [-0.05, 0) is 44.0 Å². The number of carbonyl (C=O) groups excluding carboxylic acids is 1. The van der Waals surface area contributed by atoms with Crippen molar-refractivity contribution in [2.24, 2.45) is 0 Å². The van der Waals surface area contributed by atoms with Crippen molar-refractivity contribution in [1.29, 1.82) is 0 Å². The van der Waals surface area contributed by atoms with Crippen LogP contribution >= 0.6 is 15.9 Å². The predicted octanol–water partition coefficient (Wildman–Crippen LogP) is 2.06. The molecule has 6 nitrogen and oxygen atoms in total. The van der Waals surface area contributed by atoms with Gasteiger partial charge in [-0.2, -0.15) is 4.31 Å². The van der Waals surface area contributed by atoms with E-state index in [9.17, 15) is 13.2 Å². The molecule has 0 aliphatic carbocycles. The van der Waals surface area contributed by atoms with Gasteiger partial charge in [0, 0.05) is 11.0 Å². The minimum atomic E-state index is -3.70. The molecule has 0 spiro atoms. The summed E-state index contributed by atoms with van der Waals surface area (Å²) in [5, 5.41) is 0. The van der Waals surface area contributed by atoms with E-state index in [0.29, 0.717) is 19.6 Å². The highest BCUT2D eigenvalue weighted by molar-refractivity contribution is 9.10. The quantitative estimate of drug-likeness (QED) is 0.780. The Bertz CT molecular complexity index is 618. The van der Waals surface area contributed by atoms with Crippen LogP contribution in [0.15, 0.2) is 33.6 Å². The van der Waals surface area contributed by atoms with Crippen LogP contribution in [0.1, 0.15) is 26.2 Å². The summed E-state index contributed by atoms with van der Waals surface area (Å²) in [5.74, 6) is -0.415. The summed E-state index contributed by atoms with van der Waals surface area (Å²) in [6, 6.07) is 5.68. The Morgan fingerprint density at radius 3 is 2.68 bits per heavy atom. The Labute approximate surface area is 139 Å². The second-order valence-electron chi connectivity index (χ2n) is 4.98. The van der Waals surface area contributed by atoms with Crippen molar-refractivity contribution in [2.75, 3.05) is 13.2 Å². The van der Waals surface area contributed by atoms with Crippen LogP contribution in [0.2, 0.25) is 0 Å². The summed E-state index contributed by atoms with van der Waals surface area (Å²) in [5.41, 5.74) is 2.31. The van der Waals surface area contributed by atoms with Crippen molar-refractivity contribution in [3.63, 3.8) is 0 Å². The predicted molar refractivity (Wildman–Crippen MR) is 85.4 cm³/mol. The second-order valence-corrected chi connectivity index (χ2v) is 7.79. The molecule has 1 N–H and O–H groups in total. The van der Waals surface area contributed by atoms with Crippen LogP contribution in [-0.2, 0) is 19.7 Å². The molecule has 122 valence electrons. The third-order valence-corrected chi connectivity index (χ3v) is 5.94. The molecule has 0 aromatic heterocycles. The van der Waals surface area contributed by atoms with Gasteiger partial charge < -0.3 is 0 Å². The lowest BCUT2D eigenvalue weighted by Gasteiger charge is -2.33. The van der Waals surface area contributed by atoms with E-state index in [1.165, 1.54) is 16.4 Å². The lowest BCUT2D eigenvalue weighted by Crippen LogP contribution is -2.51. The Kier molecular flexibility index (Phi) is 5.96. The van der Waals surface area contributed by atoms with E-state index >= 15 is 0 Å². The molecule has 2 rings (SSSR count). The molecule has 0 unspecified atom stereocenters. The van der Waals surface area contributed by atoms with Crippen LogP contribution in [0, 0.1) is 0 Å². The maximum absolute atomic E-state index is 12.8. The number of nitrogens with zero attached hydrogens (tertiary/aromatic N) is 1. The summed E-state index contributed by atoms with van der Waals surface area (Å²) < 4.78 is 27.6. The van der Waals surface area contributed by atoms with Gasteiger partial charge in [0.1, 0.15) is 6.04 Å². The van der Waals surface area contributed by atoms with Crippen LogP contribution < -0.4 is 5.48 Å². The molecule has 22 heavy (non-hydrogen) atoms. The summed E-state index contributed by atoms with van der Waals surface area (Å²) in [6.45, 7) is 2.41. The third-order valence-electron chi connectivity index (χ3n) is 3.49. The molecule has 8 heteroatoms. The molecule has 1 saturated heterocycles. The Morgan fingerprint density at radius 1 is 1.36 bits per heavy atom. The first-order valence-corrected chi connectivity index (χ1v) is 9.39. The van der Waals surface area contributed by atoms with Gasteiger partial charge in [-0.3, -0.25) is 9.63 Å². The largest absolute Gasteiger partial charge is 0.274 e. The number of amides is 1. The van der Waals surface area contributed by atoms with Gasteiger partial charge in [0.2, 0.25) is 10.0 Å². The highest BCUT2D eigenvalue weighted by Crippen LogP contribution is 2.26. The van der Waals surface area contributed by atoms with Crippen LogP contribution in [0.3, 0.4) is 0 Å². The average Bonchev–Trinajstić information content (AvgIpc) is 2.53. The fraction of sp³-hybridized carbons (Fsp3) is 0.500. The number of hydroxylamine groups is 1. The average molecular weight is 391 g/mol. The second kappa shape index (κ2) is 7.54. The number of piperidine rings is 1. The number of hydrogen-bond donors (Lipinski definition) is 1. The summed E-state index contributed by atoms with van der Waals surface area (Å²) in [4.78, 5) is 17.2. The molecule has 1 aliphatic heterocycles. The van der Waals surface area contributed by atoms with Crippen LogP contribution in [-0.4, -0.2) is 37.8 Å². The topological polar surface area (TPSA) is 75.7 Å². The third kappa shape index (κ3) is 3.87. The first-order chi connectivity index (χ1) is 10.5. The van der Waals surface area contributed by atoms with E-state index in [1.807, 2.05) is 0 Å². The maximum atomic E-state index is 12.8. The molecule has 0 saturated carbocycles. The first-order valence-electron chi connectivity index (χ1n) is 7.16. The molecule has 1 atom stereocenters. The number of hydrogen-bond acceptors (Lipinski definition) is 4. The minimum absolute atomic E-state index is 0.187. The van der Waals surface area contributed by atoms with Crippen molar-refractivity contribution in [3.05, 3.63) is 28.7 Å². The monoisotopic (exact) mass is 390 g/mol. The van der Waals surface area contributed by atoms with E-state index in [4.69, 9.17) is 4.84 Å². The molecule has 1 aromatic rings. The zero-order valence-corrected chi connectivity index (χ0v) is 14.7. The minimum Gasteiger partial charge on any atom is -0.274 e. The van der Waals surface area contributed by atoms with Gasteiger partial charge in [0.05, 0.1) is 11.5 Å². The SMILES string of the molecule is CCONC(=O)[C@@H]1CCCCN1S(=O)(=O)c1ccc(Br)cc1. The zero-order chi connectivity index (χ0) is 16.2. The van der Waals surface area contributed by atoms with E-state index in [2.05, 4.69) is 21.4 Å². The van der Waals surface area contributed by atoms with Gasteiger partial charge >= 0.3 is 0 Å². The summed E-state index contributed by atoms with van der Waals surface area (Å²) in [7, 11) is -3.70. The van der Waals surface area contributed by atoms with Gasteiger partial charge in [-0.15, -0.1) is 0 Å². The molecule has 1 aromatic carbocycles. The van der Waals surface area contributed by atoms with Gasteiger partial charge in [0.25, 0.3) is 5.91 Å². The molecular weight excluding hydrogens is 372 g/mol. The standard InChI is InChI=1S/C14H19BrN2O4S/c1-2-21-16-14(18)13-5-3-4-10-17(13)22(19,20)12-8-6-11(15)7-9-12/h6-9,13H,2-5,10H2,1H3,(H,16,18)/t13-/m0/s1. The maximum Gasteiger partial charge on any atom is 0.261 e. The molecule has 0 radical (unpaired) electrons. The van der Waals surface area contributed by atoms with Crippen LogP contribution in [0.5, 0.6) is 0 Å². The van der Waals surface area contributed by atoms with Crippen LogP contribution in [0.4, 0.5) is 0 Å². The lowest BCUT2D eigenvalue weighted by molar-refractivity contribution is -0.138. The molecular formula is C14H19BrN2O4S. The molecule has 0 bridgehead atoms. The zero-order valence-electron chi connectivity index (χ0n) is 12.3. The molecule has 1 fully saturated rings. The van der Waals surface area contributed by atoms with Crippen molar-refractivity contribution in [3.8, 4) is 0 Å². The number of nitrogens with one attached hydrogen (secondary N) is 1. The number of sulfonamides is 1. The number of rotatable bonds is 5. The fourth-order valence-electron chi connectivity index (χ4n) is 2.41. The van der Waals surface area contributed by atoms with E-state index in [0.717, 1.165) is 17.3 Å². The summed E-state index contributed by atoms with van der Waals surface area (Å²) >= 11 is 3.28. The molecule has 1 amide bonds. The van der Waals surface area contributed by atoms with Gasteiger partial charge in [0.15, 0.2) is 0 Å². The Morgan fingerprint density at radius 2 is 2.05 bits per heavy atom. The first kappa shape index (κ1) is 17.4. The van der Waals surface area contributed by atoms with Crippen molar-refractivity contribution >= 4 is 31.9 Å². The number of benzene rings is 1. The lowest BCUT2D eigenvalue weighted by atomic mass is 10.0. The van der Waals surface area contributed by atoms with Gasteiger partial charge in [-0.1, -0.05) is 22.4 Å². The highest BCUT2D eigenvalue weighted by Gasteiger charge is 2.37. The van der Waals surface area contributed by atoms with E-state index in [-0.39, 0.29) is 4.90 Å². The number of carbonyl (C=O) groups is 1. The van der Waals surface area contributed by atoms with Crippen molar-refractivity contribution in [1.82, 2.24) is 9.79 Å². The Hall–Kier alpha value is -0.960. The van der Waals surface area contributed by atoms with Crippen molar-refractivity contribution in [2.45, 2.75) is 37.1 Å². The van der Waals surface area contributed by atoms with Crippen molar-refractivity contribution < 1.29 is 18.0 Å². The van der Waals surface area contributed by atoms with E-state index in [1.54, 1.807) is 19.1 Å². The molecule has 1 heterocycles. The normalized spacial score (nSPS) is 19.8. The Balaban J connectivity index is 2.26. The van der Waals surface area contributed by atoms with Crippen LogP contribution in [0.25, 0.3) is 0 Å². The molecule has 1 aliphatic rings. The fourth-order valence-corrected chi connectivity index (χ4v) is 4.33. The summed E-state index contributed by atoms with van der Waals surface area (Å²) in [6.07, 6.45) is 2.05. The number of halogens is 1.